The third-order valence-corrected chi connectivity index (χ3v) is 5.02. The van der Waals surface area contributed by atoms with E-state index in [4.69, 9.17) is 0 Å². The lowest BCUT2D eigenvalue weighted by molar-refractivity contribution is -0.119. The molecule has 0 aliphatic heterocycles. The molecule has 1 amide bonds. The zero-order valence-corrected chi connectivity index (χ0v) is 14.8. The molecule has 2 aromatic carbocycles. The number of rotatable bonds is 5. The summed E-state index contributed by atoms with van der Waals surface area (Å²) in [4.78, 5) is 16.7. The van der Waals surface area contributed by atoms with Crippen molar-refractivity contribution in [2.75, 3.05) is 5.75 Å². The first-order chi connectivity index (χ1) is 12.6. The largest absolute Gasteiger partial charge is 0.349 e. The Kier molecular flexibility index (Phi) is 4.34. The van der Waals surface area contributed by atoms with Crippen molar-refractivity contribution < 1.29 is 9.18 Å². The lowest BCUT2D eigenvalue weighted by Crippen LogP contribution is -2.28. The van der Waals surface area contributed by atoms with Crippen molar-refractivity contribution in [3.63, 3.8) is 0 Å². The van der Waals surface area contributed by atoms with Crippen LogP contribution in [-0.2, 0) is 4.79 Å². The number of H-pyrrole nitrogens is 1. The van der Waals surface area contributed by atoms with E-state index >= 15 is 0 Å². The van der Waals surface area contributed by atoms with E-state index in [-0.39, 0.29) is 23.5 Å². The van der Waals surface area contributed by atoms with Crippen LogP contribution in [0.15, 0.2) is 53.7 Å². The highest BCUT2D eigenvalue weighted by Crippen LogP contribution is 2.23. The number of aromatic nitrogens is 4. The summed E-state index contributed by atoms with van der Waals surface area (Å²) in [5.41, 5.74) is 2.67. The van der Waals surface area contributed by atoms with Gasteiger partial charge in [0.2, 0.25) is 11.7 Å². The molecular weight excluding hydrogens is 353 g/mol. The molecule has 0 saturated heterocycles. The molecule has 4 aromatic rings. The van der Waals surface area contributed by atoms with Gasteiger partial charge in [0.15, 0.2) is 5.16 Å². The lowest BCUT2D eigenvalue weighted by Gasteiger charge is -2.14. The van der Waals surface area contributed by atoms with Gasteiger partial charge in [0, 0.05) is 0 Å². The maximum Gasteiger partial charge on any atom is 0.231 e. The van der Waals surface area contributed by atoms with Crippen LogP contribution >= 0.6 is 11.8 Å². The summed E-state index contributed by atoms with van der Waals surface area (Å²) in [7, 11) is 0. The average molecular weight is 369 g/mol. The maximum atomic E-state index is 13.0. The van der Waals surface area contributed by atoms with Crippen LogP contribution in [0.2, 0.25) is 0 Å². The van der Waals surface area contributed by atoms with Gasteiger partial charge in [0.1, 0.15) is 5.82 Å². The SMILES string of the molecule is C[C@@H](NC(=O)CSc1n[nH]c2nc3ccccc3n12)c1ccc(F)cc1. The number of benzene rings is 2. The Labute approximate surface area is 152 Å². The monoisotopic (exact) mass is 369 g/mol. The molecule has 0 spiro atoms. The van der Waals surface area contributed by atoms with E-state index in [0.29, 0.717) is 10.9 Å². The zero-order valence-electron chi connectivity index (χ0n) is 13.9. The number of carbonyl (C=O) groups is 1. The van der Waals surface area contributed by atoms with Crippen LogP contribution in [0.1, 0.15) is 18.5 Å². The van der Waals surface area contributed by atoms with Crippen molar-refractivity contribution in [1.29, 1.82) is 0 Å². The normalized spacial score (nSPS) is 12.5. The number of carbonyl (C=O) groups excluding carboxylic acids is 1. The molecule has 8 heteroatoms. The number of para-hydroxylation sites is 2. The van der Waals surface area contributed by atoms with Crippen molar-refractivity contribution in [2.45, 2.75) is 18.1 Å². The minimum atomic E-state index is -0.294. The lowest BCUT2D eigenvalue weighted by atomic mass is 10.1. The fourth-order valence-electron chi connectivity index (χ4n) is 2.79. The Hall–Kier alpha value is -2.87. The molecule has 6 nitrogen and oxygen atoms in total. The molecule has 0 aliphatic rings. The molecule has 0 saturated carbocycles. The summed E-state index contributed by atoms with van der Waals surface area (Å²) in [6.07, 6.45) is 0. The number of nitrogens with zero attached hydrogens (tertiary/aromatic N) is 3. The smallest absolute Gasteiger partial charge is 0.231 e. The number of amides is 1. The molecule has 2 heterocycles. The molecular formula is C18H16FN5OS. The van der Waals surface area contributed by atoms with Crippen LogP contribution in [-0.4, -0.2) is 31.2 Å². The van der Waals surface area contributed by atoms with E-state index in [1.54, 1.807) is 12.1 Å². The Balaban J connectivity index is 1.44. The number of thioether (sulfide) groups is 1. The minimum absolute atomic E-state index is 0.118. The minimum Gasteiger partial charge on any atom is -0.349 e. The van der Waals surface area contributed by atoms with Crippen LogP contribution < -0.4 is 5.32 Å². The van der Waals surface area contributed by atoms with Gasteiger partial charge in [-0.2, -0.15) is 0 Å². The standard InChI is InChI=1S/C18H16FN5OS/c1-11(12-6-8-13(19)9-7-12)20-16(25)10-26-18-23-22-17-21-14-4-2-3-5-15(14)24(17)18/h2-9,11H,10H2,1H3,(H,20,25)(H,21,22)/t11-/m1/s1. The summed E-state index contributed by atoms with van der Waals surface area (Å²) in [5, 5.41) is 10.7. The van der Waals surface area contributed by atoms with Crippen molar-refractivity contribution >= 4 is 34.5 Å². The first-order valence-electron chi connectivity index (χ1n) is 8.11. The summed E-state index contributed by atoms with van der Waals surface area (Å²) >= 11 is 1.33. The highest BCUT2D eigenvalue weighted by atomic mass is 32.2. The first kappa shape index (κ1) is 16.6. The molecule has 0 aliphatic carbocycles. The van der Waals surface area contributed by atoms with E-state index in [1.165, 1.54) is 23.9 Å². The molecule has 26 heavy (non-hydrogen) atoms. The van der Waals surface area contributed by atoms with Crippen LogP contribution in [0.4, 0.5) is 4.39 Å². The number of imidazole rings is 1. The van der Waals surface area contributed by atoms with Crippen LogP contribution in [0.5, 0.6) is 0 Å². The molecule has 1 atom stereocenters. The molecule has 0 radical (unpaired) electrons. The van der Waals surface area contributed by atoms with E-state index in [1.807, 2.05) is 35.6 Å². The molecule has 0 unspecified atom stereocenters. The number of aromatic amines is 1. The number of nitrogens with one attached hydrogen (secondary N) is 2. The summed E-state index contributed by atoms with van der Waals surface area (Å²) in [6.45, 7) is 1.87. The van der Waals surface area contributed by atoms with Gasteiger partial charge in [0.05, 0.1) is 22.8 Å². The fourth-order valence-corrected chi connectivity index (χ4v) is 3.55. The summed E-state index contributed by atoms with van der Waals surface area (Å²) in [6, 6.07) is 13.7. The highest BCUT2D eigenvalue weighted by Gasteiger charge is 2.15. The van der Waals surface area contributed by atoms with Crippen LogP contribution in [0, 0.1) is 5.82 Å². The molecule has 0 fully saturated rings. The zero-order chi connectivity index (χ0) is 18.1. The fraction of sp³-hybridized carbons (Fsp3) is 0.167. The topological polar surface area (TPSA) is 75.1 Å². The van der Waals surface area contributed by atoms with E-state index in [2.05, 4.69) is 20.5 Å². The Morgan fingerprint density at radius 2 is 2.04 bits per heavy atom. The second kappa shape index (κ2) is 6.80. The summed E-state index contributed by atoms with van der Waals surface area (Å²) < 4.78 is 14.9. The van der Waals surface area contributed by atoms with Crippen molar-refractivity contribution in [1.82, 2.24) is 24.9 Å². The van der Waals surface area contributed by atoms with Crippen LogP contribution in [0.25, 0.3) is 16.8 Å². The Morgan fingerprint density at radius 1 is 1.27 bits per heavy atom. The van der Waals surface area contributed by atoms with Crippen molar-refractivity contribution in [3.8, 4) is 0 Å². The molecule has 2 N–H and O–H groups in total. The Morgan fingerprint density at radius 3 is 2.85 bits per heavy atom. The van der Waals surface area contributed by atoms with E-state index < -0.39 is 0 Å². The van der Waals surface area contributed by atoms with Gasteiger partial charge in [-0.3, -0.25) is 9.20 Å². The number of halogens is 1. The number of hydrogen-bond donors (Lipinski definition) is 2. The van der Waals surface area contributed by atoms with Gasteiger partial charge in [0.25, 0.3) is 0 Å². The molecule has 2 aromatic heterocycles. The highest BCUT2D eigenvalue weighted by molar-refractivity contribution is 7.99. The van der Waals surface area contributed by atoms with Crippen LogP contribution in [0.3, 0.4) is 0 Å². The number of hydrogen-bond acceptors (Lipinski definition) is 4. The van der Waals surface area contributed by atoms with Gasteiger partial charge in [-0.05, 0) is 36.8 Å². The van der Waals surface area contributed by atoms with E-state index in [0.717, 1.165) is 16.6 Å². The second-order valence-corrected chi connectivity index (χ2v) is 6.84. The van der Waals surface area contributed by atoms with Gasteiger partial charge in [-0.1, -0.05) is 36.0 Å². The number of fused-ring (bicyclic) bond motifs is 3. The summed E-state index contributed by atoms with van der Waals surface area (Å²) in [5.74, 6) is 0.456. The van der Waals surface area contributed by atoms with Gasteiger partial charge < -0.3 is 5.32 Å². The van der Waals surface area contributed by atoms with Crippen molar-refractivity contribution in [3.05, 3.63) is 59.9 Å². The van der Waals surface area contributed by atoms with Gasteiger partial charge in [-0.25, -0.2) is 14.5 Å². The molecule has 0 bridgehead atoms. The third kappa shape index (κ3) is 3.15. The maximum absolute atomic E-state index is 13.0. The molecule has 132 valence electrons. The quantitative estimate of drug-likeness (QED) is 0.529. The van der Waals surface area contributed by atoms with E-state index in [9.17, 15) is 9.18 Å². The second-order valence-electron chi connectivity index (χ2n) is 5.90. The van der Waals surface area contributed by atoms with Gasteiger partial charge >= 0.3 is 0 Å². The predicted octanol–water partition coefficient (Wildman–Crippen LogP) is 3.32. The Bertz CT molecular complexity index is 1070. The molecule has 4 rings (SSSR count). The van der Waals surface area contributed by atoms with Gasteiger partial charge in [-0.15, -0.1) is 5.10 Å². The third-order valence-electron chi connectivity index (χ3n) is 4.08. The first-order valence-corrected chi connectivity index (χ1v) is 9.09. The average Bonchev–Trinajstić information content (AvgIpc) is 3.19. The predicted molar refractivity (Wildman–Crippen MR) is 98.5 cm³/mol. The van der Waals surface area contributed by atoms with Crippen molar-refractivity contribution in [2.24, 2.45) is 0 Å².